The van der Waals surface area contributed by atoms with E-state index in [9.17, 15) is 0 Å². The van der Waals surface area contributed by atoms with Crippen molar-refractivity contribution < 1.29 is 4.74 Å². The predicted octanol–water partition coefficient (Wildman–Crippen LogP) is 2.77. The van der Waals surface area contributed by atoms with Gasteiger partial charge in [0.2, 0.25) is 0 Å². The molecule has 0 aromatic heterocycles. The van der Waals surface area contributed by atoms with Crippen LogP contribution in [0.15, 0.2) is 24.3 Å². The summed E-state index contributed by atoms with van der Waals surface area (Å²) in [5, 5.41) is 3.50. The molecule has 1 aliphatic heterocycles. The van der Waals surface area contributed by atoms with E-state index < -0.39 is 0 Å². The van der Waals surface area contributed by atoms with Crippen molar-refractivity contribution in [1.82, 2.24) is 5.32 Å². The van der Waals surface area contributed by atoms with Gasteiger partial charge in [-0.15, -0.1) is 0 Å². The molecule has 0 spiro atoms. The largest absolute Gasteiger partial charge is 0.490 e. The summed E-state index contributed by atoms with van der Waals surface area (Å²) in [6.07, 6.45) is 2.49. The fourth-order valence-electron chi connectivity index (χ4n) is 2.02. The van der Waals surface area contributed by atoms with Gasteiger partial charge in [-0.1, -0.05) is 18.2 Å². The van der Waals surface area contributed by atoms with E-state index in [1.807, 2.05) is 6.07 Å². The highest BCUT2D eigenvalue weighted by atomic mass is 16.5. The predicted molar refractivity (Wildman–Crippen MR) is 66.9 cm³/mol. The third-order valence-electron chi connectivity index (χ3n) is 2.84. The van der Waals surface area contributed by atoms with Crippen LogP contribution in [0.3, 0.4) is 0 Å². The maximum Gasteiger partial charge on any atom is 0.123 e. The number of para-hydroxylation sites is 1. The lowest BCUT2D eigenvalue weighted by molar-refractivity contribution is 0.215. The fourth-order valence-corrected chi connectivity index (χ4v) is 2.02. The van der Waals surface area contributed by atoms with Crippen LogP contribution in [0.4, 0.5) is 0 Å². The van der Waals surface area contributed by atoms with Gasteiger partial charge in [-0.05, 0) is 45.4 Å². The average Bonchev–Trinajstić information content (AvgIpc) is 2.57. The Balaban J connectivity index is 1.79. The van der Waals surface area contributed by atoms with Crippen LogP contribution in [0.5, 0.6) is 5.75 Å². The Labute approximate surface area is 98.0 Å². The molecule has 1 heterocycles. The molecule has 1 aliphatic rings. The average molecular weight is 219 g/mol. The van der Waals surface area contributed by atoms with Gasteiger partial charge in [0.05, 0.1) is 0 Å². The molecule has 0 fully saturated rings. The van der Waals surface area contributed by atoms with Crippen LogP contribution in [0.2, 0.25) is 0 Å². The summed E-state index contributed by atoms with van der Waals surface area (Å²) >= 11 is 0. The fraction of sp³-hybridized carbons (Fsp3) is 0.571. The SMILES string of the molecule is CC(C)(C)NCCC1Cc2ccccc2O1. The lowest BCUT2D eigenvalue weighted by atomic mass is 10.1. The van der Waals surface area contributed by atoms with Crippen LogP contribution in [-0.4, -0.2) is 18.2 Å². The highest BCUT2D eigenvalue weighted by molar-refractivity contribution is 5.37. The Kier molecular flexibility index (Phi) is 3.20. The van der Waals surface area contributed by atoms with Gasteiger partial charge in [0, 0.05) is 12.0 Å². The van der Waals surface area contributed by atoms with Gasteiger partial charge in [-0.25, -0.2) is 0 Å². The first-order valence-corrected chi connectivity index (χ1v) is 6.04. The van der Waals surface area contributed by atoms with Crippen LogP contribution in [0.25, 0.3) is 0 Å². The first-order valence-electron chi connectivity index (χ1n) is 6.04. The number of rotatable bonds is 3. The van der Waals surface area contributed by atoms with Crippen LogP contribution in [0, 0.1) is 0 Å². The molecule has 88 valence electrons. The molecule has 2 nitrogen and oxygen atoms in total. The molecule has 0 saturated heterocycles. The molecule has 1 atom stereocenters. The Bertz CT molecular complexity index is 329. The molecule has 0 radical (unpaired) electrons. The topological polar surface area (TPSA) is 21.3 Å². The van der Waals surface area contributed by atoms with E-state index in [4.69, 9.17) is 4.74 Å². The van der Waals surface area contributed by atoms with Crippen molar-refractivity contribution >= 4 is 0 Å². The molecule has 1 aromatic rings. The molecule has 0 aliphatic carbocycles. The third-order valence-corrected chi connectivity index (χ3v) is 2.84. The van der Waals surface area contributed by atoms with E-state index in [2.05, 4.69) is 44.3 Å². The summed E-state index contributed by atoms with van der Waals surface area (Å²) in [4.78, 5) is 0. The monoisotopic (exact) mass is 219 g/mol. The highest BCUT2D eigenvalue weighted by Gasteiger charge is 2.22. The van der Waals surface area contributed by atoms with E-state index in [-0.39, 0.29) is 5.54 Å². The lowest BCUT2D eigenvalue weighted by Crippen LogP contribution is -2.38. The van der Waals surface area contributed by atoms with Crippen LogP contribution in [0.1, 0.15) is 32.8 Å². The van der Waals surface area contributed by atoms with Gasteiger partial charge in [0.1, 0.15) is 11.9 Å². The second-order valence-electron chi connectivity index (χ2n) is 5.52. The molecular weight excluding hydrogens is 198 g/mol. The Morgan fingerprint density at radius 2 is 2.06 bits per heavy atom. The van der Waals surface area contributed by atoms with Gasteiger partial charge < -0.3 is 10.1 Å². The molecule has 2 heteroatoms. The van der Waals surface area contributed by atoms with Gasteiger partial charge in [0.25, 0.3) is 0 Å². The zero-order valence-corrected chi connectivity index (χ0v) is 10.4. The number of fused-ring (bicyclic) bond motifs is 1. The van der Waals surface area contributed by atoms with E-state index in [1.165, 1.54) is 5.56 Å². The summed E-state index contributed by atoms with van der Waals surface area (Å²) in [6, 6.07) is 8.34. The summed E-state index contributed by atoms with van der Waals surface area (Å²) < 4.78 is 5.88. The van der Waals surface area contributed by atoms with Crippen molar-refractivity contribution in [3.8, 4) is 5.75 Å². The van der Waals surface area contributed by atoms with Gasteiger partial charge in [0.15, 0.2) is 0 Å². The minimum absolute atomic E-state index is 0.200. The third kappa shape index (κ3) is 2.99. The minimum atomic E-state index is 0.200. The Hall–Kier alpha value is -1.02. The van der Waals surface area contributed by atoms with E-state index in [1.54, 1.807) is 0 Å². The van der Waals surface area contributed by atoms with Crippen molar-refractivity contribution in [2.75, 3.05) is 6.54 Å². The molecule has 2 rings (SSSR count). The van der Waals surface area contributed by atoms with Crippen molar-refractivity contribution in [3.05, 3.63) is 29.8 Å². The number of ether oxygens (including phenoxy) is 1. The molecule has 1 aromatic carbocycles. The van der Waals surface area contributed by atoms with Crippen molar-refractivity contribution in [3.63, 3.8) is 0 Å². The van der Waals surface area contributed by atoms with Crippen molar-refractivity contribution in [2.24, 2.45) is 0 Å². The molecule has 0 amide bonds. The van der Waals surface area contributed by atoms with Crippen LogP contribution >= 0.6 is 0 Å². The van der Waals surface area contributed by atoms with E-state index in [0.717, 1.165) is 25.1 Å². The maximum atomic E-state index is 5.88. The highest BCUT2D eigenvalue weighted by Crippen LogP contribution is 2.29. The van der Waals surface area contributed by atoms with Gasteiger partial charge in [-0.3, -0.25) is 0 Å². The smallest absolute Gasteiger partial charge is 0.123 e. The summed E-state index contributed by atoms with van der Waals surface area (Å²) in [5.41, 5.74) is 1.55. The molecule has 0 saturated carbocycles. The van der Waals surface area contributed by atoms with E-state index in [0.29, 0.717) is 6.10 Å². The minimum Gasteiger partial charge on any atom is -0.490 e. The second-order valence-corrected chi connectivity index (χ2v) is 5.52. The van der Waals surface area contributed by atoms with Gasteiger partial charge in [-0.2, -0.15) is 0 Å². The number of hydrogen-bond donors (Lipinski definition) is 1. The van der Waals surface area contributed by atoms with Gasteiger partial charge >= 0.3 is 0 Å². The van der Waals surface area contributed by atoms with Crippen LogP contribution < -0.4 is 10.1 Å². The molecular formula is C14H21NO. The Morgan fingerprint density at radius 3 is 2.75 bits per heavy atom. The zero-order valence-electron chi connectivity index (χ0n) is 10.4. The maximum absolute atomic E-state index is 5.88. The van der Waals surface area contributed by atoms with E-state index >= 15 is 0 Å². The normalized spacial score (nSPS) is 19.3. The first kappa shape index (κ1) is 11.5. The van der Waals surface area contributed by atoms with Crippen LogP contribution in [-0.2, 0) is 6.42 Å². The second kappa shape index (κ2) is 4.46. The quantitative estimate of drug-likeness (QED) is 0.844. The molecule has 16 heavy (non-hydrogen) atoms. The molecule has 0 bridgehead atoms. The van der Waals surface area contributed by atoms with Crippen molar-refractivity contribution in [1.29, 1.82) is 0 Å². The zero-order chi connectivity index (χ0) is 11.6. The molecule has 1 N–H and O–H groups in total. The number of benzene rings is 1. The Morgan fingerprint density at radius 1 is 1.31 bits per heavy atom. The molecule has 1 unspecified atom stereocenters. The standard InChI is InChI=1S/C14H21NO/c1-14(2,3)15-9-8-12-10-11-6-4-5-7-13(11)16-12/h4-7,12,15H,8-10H2,1-3H3. The number of nitrogens with one attached hydrogen (secondary N) is 1. The summed E-state index contributed by atoms with van der Waals surface area (Å²) in [5.74, 6) is 1.07. The number of hydrogen-bond acceptors (Lipinski definition) is 2. The lowest BCUT2D eigenvalue weighted by Gasteiger charge is -2.21. The summed E-state index contributed by atoms with van der Waals surface area (Å²) in [7, 11) is 0. The van der Waals surface area contributed by atoms with Crippen molar-refractivity contribution in [2.45, 2.75) is 45.3 Å². The first-order chi connectivity index (χ1) is 7.54. The summed E-state index contributed by atoms with van der Waals surface area (Å²) in [6.45, 7) is 7.59.